The highest BCUT2D eigenvalue weighted by Gasteiger charge is 2.49. The lowest BCUT2D eigenvalue weighted by molar-refractivity contribution is -0.133. The Morgan fingerprint density at radius 2 is 1.70 bits per heavy atom. The van der Waals surface area contributed by atoms with Crippen molar-refractivity contribution in [3.05, 3.63) is 59.1 Å². The van der Waals surface area contributed by atoms with Crippen molar-refractivity contribution in [3.8, 4) is 0 Å². The number of carbonyl (C=O) groups is 3. The van der Waals surface area contributed by atoms with Gasteiger partial charge in [0, 0.05) is 29.5 Å². The monoisotopic (exact) mass is 426 g/mol. The number of amides is 4. The number of rotatable bonds is 5. The Kier molecular flexibility index (Phi) is 5.39. The van der Waals surface area contributed by atoms with Crippen molar-refractivity contribution in [1.29, 1.82) is 0 Å². The average Bonchev–Trinajstić information content (AvgIpc) is 3.33. The molecule has 1 atom stereocenters. The van der Waals surface area contributed by atoms with Crippen LogP contribution in [-0.4, -0.2) is 42.4 Å². The standard InChI is InChI=1S/C22H23ClN4O3/c1-22(15-4-6-16(23)7-5-15)20(29)27(21(30)25-22)14-19(28)24-17-8-10-18(11-9-17)26-12-2-3-13-26/h4-11H,2-3,12-14H2,1H3,(H,24,28)(H,25,30). The highest BCUT2D eigenvalue weighted by Crippen LogP contribution is 2.29. The SMILES string of the molecule is CC1(c2ccc(Cl)cc2)NC(=O)N(CC(=O)Nc2ccc(N3CCCC3)cc2)C1=O. The zero-order valence-corrected chi connectivity index (χ0v) is 17.4. The van der Waals surface area contributed by atoms with Crippen LogP contribution < -0.4 is 15.5 Å². The summed E-state index contributed by atoms with van der Waals surface area (Å²) in [6, 6.07) is 13.7. The lowest BCUT2D eigenvalue weighted by Crippen LogP contribution is -2.42. The van der Waals surface area contributed by atoms with Crippen molar-refractivity contribution < 1.29 is 14.4 Å². The third kappa shape index (κ3) is 3.85. The molecule has 2 aromatic rings. The fourth-order valence-electron chi connectivity index (χ4n) is 3.89. The Bertz CT molecular complexity index is 971. The van der Waals surface area contributed by atoms with E-state index in [1.54, 1.807) is 31.2 Å². The molecular formula is C22H23ClN4O3. The molecule has 2 fully saturated rings. The zero-order valence-electron chi connectivity index (χ0n) is 16.7. The van der Waals surface area contributed by atoms with Crippen molar-refractivity contribution in [2.75, 3.05) is 29.9 Å². The summed E-state index contributed by atoms with van der Waals surface area (Å²) in [6.45, 7) is 3.35. The van der Waals surface area contributed by atoms with Crippen LogP contribution in [0.2, 0.25) is 5.02 Å². The molecule has 2 aromatic carbocycles. The number of nitrogens with zero attached hydrogens (tertiary/aromatic N) is 2. The Balaban J connectivity index is 1.41. The number of benzene rings is 2. The molecule has 2 heterocycles. The van der Waals surface area contributed by atoms with Gasteiger partial charge in [0.2, 0.25) is 5.91 Å². The Hall–Kier alpha value is -3.06. The van der Waals surface area contributed by atoms with Crippen LogP contribution in [0.3, 0.4) is 0 Å². The van der Waals surface area contributed by atoms with Gasteiger partial charge >= 0.3 is 6.03 Å². The van der Waals surface area contributed by atoms with E-state index in [0.717, 1.165) is 23.7 Å². The number of halogens is 1. The predicted molar refractivity (Wildman–Crippen MR) is 116 cm³/mol. The van der Waals surface area contributed by atoms with Crippen LogP contribution in [0.1, 0.15) is 25.3 Å². The van der Waals surface area contributed by atoms with Gasteiger partial charge in [-0.3, -0.25) is 14.5 Å². The Morgan fingerprint density at radius 3 is 2.33 bits per heavy atom. The molecule has 8 heteroatoms. The van der Waals surface area contributed by atoms with Gasteiger partial charge in [-0.25, -0.2) is 4.79 Å². The minimum absolute atomic E-state index is 0.359. The molecule has 0 saturated carbocycles. The normalized spacial score (nSPS) is 21.1. The fourth-order valence-corrected chi connectivity index (χ4v) is 4.02. The molecule has 0 aromatic heterocycles. The van der Waals surface area contributed by atoms with Gasteiger partial charge in [-0.1, -0.05) is 23.7 Å². The van der Waals surface area contributed by atoms with Crippen molar-refractivity contribution in [3.63, 3.8) is 0 Å². The highest BCUT2D eigenvalue weighted by atomic mass is 35.5. The minimum atomic E-state index is -1.24. The lowest BCUT2D eigenvalue weighted by Gasteiger charge is -2.22. The van der Waals surface area contributed by atoms with Gasteiger partial charge in [-0.05, 0) is 61.7 Å². The maximum absolute atomic E-state index is 12.9. The Morgan fingerprint density at radius 1 is 1.07 bits per heavy atom. The van der Waals surface area contributed by atoms with Crippen LogP contribution in [0, 0.1) is 0 Å². The molecule has 4 amide bonds. The number of urea groups is 1. The van der Waals surface area contributed by atoms with Crippen LogP contribution in [0.15, 0.2) is 48.5 Å². The largest absolute Gasteiger partial charge is 0.372 e. The Labute approximate surface area is 180 Å². The molecule has 0 spiro atoms. The second-order valence-electron chi connectivity index (χ2n) is 7.74. The molecule has 2 saturated heterocycles. The maximum Gasteiger partial charge on any atom is 0.325 e. The molecule has 7 nitrogen and oxygen atoms in total. The predicted octanol–water partition coefficient (Wildman–Crippen LogP) is 3.35. The number of anilines is 2. The van der Waals surface area contributed by atoms with Gasteiger partial charge in [-0.2, -0.15) is 0 Å². The van der Waals surface area contributed by atoms with E-state index >= 15 is 0 Å². The molecule has 0 bridgehead atoms. The van der Waals surface area contributed by atoms with Gasteiger partial charge < -0.3 is 15.5 Å². The van der Waals surface area contributed by atoms with E-state index in [2.05, 4.69) is 15.5 Å². The summed E-state index contributed by atoms with van der Waals surface area (Å²) >= 11 is 5.91. The lowest BCUT2D eigenvalue weighted by atomic mass is 9.92. The van der Waals surface area contributed by atoms with Crippen LogP contribution in [0.4, 0.5) is 16.2 Å². The molecule has 156 valence electrons. The summed E-state index contributed by atoms with van der Waals surface area (Å²) in [4.78, 5) is 41.0. The third-order valence-electron chi connectivity index (χ3n) is 5.62. The third-order valence-corrected chi connectivity index (χ3v) is 5.87. The van der Waals surface area contributed by atoms with Gasteiger partial charge in [0.05, 0.1) is 0 Å². The van der Waals surface area contributed by atoms with Crippen molar-refractivity contribution >= 4 is 40.8 Å². The number of imide groups is 1. The average molecular weight is 427 g/mol. The second-order valence-corrected chi connectivity index (χ2v) is 8.18. The van der Waals surface area contributed by atoms with E-state index in [1.807, 2.05) is 24.3 Å². The van der Waals surface area contributed by atoms with Crippen LogP contribution >= 0.6 is 11.6 Å². The molecule has 1 unspecified atom stereocenters. The fraction of sp³-hybridized carbons (Fsp3) is 0.318. The first-order valence-electron chi connectivity index (χ1n) is 9.92. The summed E-state index contributed by atoms with van der Waals surface area (Å²) in [5.41, 5.74) is 1.11. The summed E-state index contributed by atoms with van der Waals surface area (Å²) < 4.78 is 0. The van der Waals surface area contributed by atoms with Gasteiger partial charge in [0.15, 0.2) is 0 Å². The van der Waals surface area contributed by atoms with Gasteiger partial charge in [0.25, 0.3) is 5.91 Å². The van der Waals surface area contributed by atoms with E-state index in [9.17, 15) is 14.4 Å². The maximum atomic E-state index is 12.9. The van der Waals surface area contributed by atoms with Gasteiger partial charge in [0.1, 0.15) is 12.1 Å². The molecule has 4 rings (SSSR count). The summed E-state index contributed by atoms with van der Waals surface area (Å²) in [7, 11) is 0. The minimum Gasteiger partial charge on any atom is -0.372 e. The van der Waals surface area contributed by atoms with Crippen LogP contribution in [0.25, 0.3) is 0 Å². The molecule has 2 aliphatic heterocycles. The quantitative estimate of drug-likeness (QED) is 0.718. The van der Waals surface area contributed by atoms with E-state index in [4.69, 9.17) is 11.6 Å². The van der Waals surface area contributed by atoms with E-state index in [0.29, 0.717) is 16.3 Å². The summed E-state index contributed by atoms with van der Waals surface area (Å²) in [5, 5.41) is 5.97. The zero-order chi connectivity index (χ0) is 21.3. The van der Waals surface area contributed by atoms with Crippen LogP contribution in [-0.2, 0) is 15.1 Å². The molecule has 2 aliphatic rings. The van der Waals surface area contributed by atoms with Crippen molar-refractivity contribution in [2.45, 2.75) is 25.3 Å². The molecule has 0 radical (unpaired) electrons. The molecular weight excluding hydrogens is 404 g/mol. The number of hydrogen-bond donors (Lipinski definition) is 2. The summed E-state index contributed by atoms with van der Waals surface area (Å²) in [5.74, 6) is -0.915. The van der Waals surface area contributed by atoms with E-state index in [-0.39, 0.29) is 6.54 Å². The topological polar surface area (TPSA) is 81.8 Å². The first-order chi connectivity index (χ1) is 14.4. The first kappa shape index (κ1) is 20.2. The van der Waals surface area contributed by atoms with Crippen LogP contribution in [0.5, 0.6) is 0 Å². The first-order valence-corrected chi connectivity index (χ1v) is 10.3. The van der Waals surface area contributed by atoms with E-state index in [1.165, 1.54) is 12.8 Å². The smallest absolute Gasteiger partial charge is 0.325 e. The molecule has 30 heavy (non-hydrogen) atoms. The second kappa shape index (κ2) is 7.99. The molecule has 0 aliphatic carbocycles. The number of carbonyl (C=O) groups excluding carboxylic acids is 3. The van der Waals surface area contributed by atoms with E-state index < -0.39 is 23.4 Å². The van der Waals surface area contributed by atoms with Gasteiger partial charge in [-0.15, -0.1) is 0 Å². The highest BCUT2D eigenvalue weighted by molar-refractivity contribution is 6.30. The van der Waals surface area contributed by atoms with Crippen molar-refractivity contribution in [2.24, 2.45) is 0 Å². The summed E-state index contributed by atoms with van der Waals surface area (Å²) in [6.07, 6.45) is 2.39. The number of nitrogens with one attached hydrogen (secondary N) is 2. The van der Waals surface area contributed by atoms with Crippen molar-refractivity contribution in [1.82, 2.24) is 10.2 Å². The number of hydrogen-bond acceptors (Lipinski definition) is 4. The molecule has 2 N–H and O–H groups in total.